The molecule has 21 heteroatoms. The van der Waals surface area contributed by atoms with E-state index in [1.54, 1.807) is 0 Å². The van der Waals surface area contributed by atoms with Crippen LogP contribution in [0.1, 0.15) is 31.1 Å². The monoisotopic (exact) mass is 564 g/mol. The molecule has 0 spiro atoms. The third kappa shape index (κ3) is 9.45. The van der Waals surface area contributed by atoms with Gasteiger partial charge in [0.25, 0.3) is 5.56 Å². The van der Waals surface area contributed by atoms with Crippen molar-refractivity contribution in [2.75, 3.05) is 6.61 Å². The molecule has 0 saturated carbocycles. The maximum atomic E-state index is 12.2. The van der Waals surface area contributed by atoms with Gasteiger partial charge in [0, 0.05) is 24.6 Å². The molecule has 198 valence electrons. The highest BCUT2D eigenvalue weighted by atomic mass is 31.3. The first-order valence-corrected chi connectivity index (χ1v) is 14.1. The molecule has 7 N–H and O–H groups in total. The molecule has 0 bridgehead atoms. The fourth-order valence-corrected chi connectivity index (χ4v) is 5.96. The summed E-state index contributed by atoms with van der Waals surface area (Å²) < 4.78 is 58.4. The number of aromatic nitrogens is 2. The molecule has 0 radical (unpaired) electrons. The highest BCUT2D eigenvalue weighted by Crippen LogP contribution is 2.66. The van der Waals surface area contributed by atoms with E-state index in [-0.39, 0.29) is 24.8 Å². The zero-order chi connectivity index (χ0) is 26.6. The number of nitrogens with two attached hydrogens (primary N) is 1. The number of aryl methyl sites for hydroxylation is 1. The van der Waals surface area contributed by atoms with Gasteiger partial charge in [-0.25, -0.2) is 18.5 Å². The lowest BCUT2D eigenvalue weighted by Crippen LogP contribution is -2.36. The minimum atomic E-state index is -5.73. The van der Waals surface area contributed by atoms with Crippen LogP contribution in [-0.4, -0.2) is 54.2 Å². The van der Waals surface area contributed by atoms with Crippen molar-refractivity contribution in [1.29, 1.82) is 5.26 Å². The highest BCUT2D eigenvalue weighted by Gasteiger charge is 2.44. The van der Waals surface area contributed by atoms with Gasteiger partial charge in [-0.15, -0.1) is 0 Å². The zero-order valence-corrected chi connectivity index (χ0v) is 20.6. The van der Waals surface area contributed by atoms with E-state index in [2.05, 4.69) is 18.1 Å². The van der Waals surface area contributed by atoms with Crippen LogP contribution in [-0.2, 0) is 36.3 Å². The topological polar surface area (TPSA) is 283 Å². The summed E-state index contributed by atoms with van der Waals surface area (Å²) in [6.45, 7) is 0.579. The Morgan fingerprint density at radius 2 is 1.91 bits per heavy atom. The summed E-state index contributed by atoms with van der Waals surface area (Å²) in [5, 5.41) is 8.69. The first-order chi connectivity index (χ1) is 16.0. The van der Waals surface area contributed by atoms with Crippen LogP contribution in [0.4, 0.5) is 0 Å². The van der Waals surface area contributed by atoms with Crippen LogP contribution in [0.3, 0.4) is 0 Å². The van der Waals surface area contributed by atoms with Crippen LogP contribution in [0.2, 0.25) is 0 Å². The molecular formula is C14H23N4O14P3. The summed E-state index contributed by atoms with van der Waals surface area (Å²) in [5.74, 6) is 0. The zero-order valence-electron chi connectivity index (χ0n) is 17.9. The van der Waals surface area contributed by atoms with E-state index in [1.165, 1.54) is 13.1 Å². The third-order valence-electron chi connectivity index (χ3n) is 4.34. The summed E-state index contributed by atoms with van der Waals surface area (Å²) >= 11 is 0. The van der Waals surface area contributed by atoms with Crippen molar-refractivity contribution in [2.45, 2.75) is 50.8 Å². The third-order valence-corrected chi connectivity index (χ3v) is 8.15. The number of hydrogen-bond acceptors (Lipinski definition) is 12. The summed E-state index contributed by atoms with van der Waals surface area (Å²) in [5.41, 5.74) is 4.53. The Labute approximate surface area is 196 Å². The summed E-state index contributed by atoms with van der Waals surface area (Å²) in [6, 6.07) is 1.87. The summed E-state index contributed by atoms with van der Waals surface area (Å²) in [6.07, 6.45) is -3.00. The SMILES string of the molecule is Cc1cn([C@H]2CC(OC(N)CCC#N)[C@@H](COP(=O)(O)OP(=O)(O)OP(=O)(O)O)O2)c(=O)[nH]c1=O. The highest BCUT2D eigenvalue weighted by molar-refractivity contribution is 7.66. The molecule has 1 aliphatic rings. The molecule has 18 nitrogen and oxygen atoms in total. The minimum Gasteiger partial charge on any atom is -0.357 e. The minimum absolute atomic E-state index is 0.0446. The van der Waals surface area contributed by atoms with Crippen molar-refractivity contribution in [2.24, 2.45) is 5.73 Å². The molecule has 2 rings (SSSR count). The summed E-state index contributed by atoms with van der Waals surface area (Å²) in [4.78, 5) is 62.0. The number of phosphoric ester groups is 1. The Bertz CT molecular complexity index is 1200. The van der Waals surface area contributed by atoms with Crippen molar-refractivity contribution in [1.82, 2.24) is 9.55 Å². The number of phosphoric acid groups is 3. The molecule has 1 aromatic rings. The molecule has 35 heavy (non-hydrogen) atoms. The van der Waals surface area contributed by atoms with Gasteiger partial charge in [0.15, 0.2) is 0 Å². The van der Waals surface area contributed by atoms with Gasteiger partial charge in [0.2, 0.25) is 0 Å². The largest absolute Gasteiger partial charge is 0.490 e. The van der Waals surface area contributed by atoms with E-state index in [0.29, 0.717) is 0 Å². The van der Waals surface area contributed by atoms with Crippen LogP contribution in [0.15, 0.2) is 15.8 Å². The van der Waals surface area contributed by atoms with Gasteiger partial charge in [-0.1, -0.05) is 0 Å². The lowest BCUT2D eigenvalue weighted by Gasteiger charge is -2.23. The van der Waals surface area contributed by atoms with Gasteiger partial charge in [-0.05, 0) is 13.3 Å². The quantitative estimate of drug-likeness (QED) is 0.137. The Kier molecular flexibility index (Phi) is 9.90. The number of nitriles is 1. The molecule has 1 aliphatic heterocycles. The molecule has 0 amide bonds. The molecule has 1 aromatic heterocycles. The van der Waals surface area contributed by atoms with Gasteiger partial charge >= 0.3 is 29.2 Å². The van der Waals surface area contributed by atoms with Crippen LogP contribution >= 0.6 is 23.5 Å². The first-order valence-electron chi connectivity index (χ1n) is 9.56. The number of nitrogens with zero attached hydrogens (tertiary/aromatic N) is 2. The maximum Gasteiger partial charge on any atom is 0.490 e. The van der Waals surface area contributed by atoms with E-state index in [9.17, 15) is 33.1 Å². The maximum absolute atomic E-state index is 12.2. The number of ether oxygens (including phenoxy) is 2. The van der Waals surface area contributed by atoms with Crippen LogP contribution in [0.25, 0.3) is 0 Å². The molecule has 4 unspecified atom stereocenters. The molecule has 1 fully saturated rings. The number of aromatic amines is 1. The number of nitrogens with one attached hydrogen (secondary N) is 1. The fourth-order valence-electron chi connectivity index (χ4n) is 2.93. The smallest absolute Gasteiger partial charge is 0.357 e. The van der Waals surface area contributed by atoms with Gasteiger partial charge < -0.3 is 34.8 Å². The van der Waals surface area contributed by atoms with Crippen molar-refractivity contribution in [3.05, 3.63) is 32.6 Å². The summed E-state index contributed by atoms with van der Waals surface area (Å²) in [7, 11) is -16.7. The fraction of sp³-hybridized carbons (Fsp3) is 0.643. The van der Waals surface area contributed by atoms with E-state index in [0.717, 1.165) is 4.57 Å². The molecule has 2 heterocycles. The van der Waals surface area contributed by atoms with E-state index >= 15 is 0 Å². The van der Waals surface area contributed by atoms with Gasteiger partial charge in [0.1, 0.15) is 18.6 Å². The van der Waals surface area contributed by atoms with Crippen molar-refractivity contribution in [3.63, 3.8) is 0 Å². The lowest BCUT2D eigenvalue weighted by molar-refractivity contribution is -0.0806. The Morgan fingerprint density at radius 3 is 2.51 bits per heavy atom. The first kappa shape index (κ1) is 29.7. The Hall–Kier alpha value is -1.54. The second kappa shape index (κ2) is 11.7. The van der Waals surface area contributed by atoms with E-state index in [4.69, 9.17) is 30.3 Å². The second-order valence-corrected chi connectivity index (χ2v) is 11.6. The number of H-pyrrole nitrogens is 1. The van der Waals surface area contributed by atoms with Crippen LogP contribution in [0.5, 0.6) is 0 Å². The molecule has 1 saturated heterocycles. The Balaban J connectivity index is 2.18. The number of hydrogen-bond donors (Lipinski definition) is 6. The average molecular weight is 564 g/mol. The van der Waals surface area contributed by atoms with Gasteiger partial charge in [-0.2, -0.15) is 13.9 Å². The number of rotatable bonds is 12. The van der Waals surface area contributed by atoms with E-state index in [1.807, 2.05) is 6.07 Å². The van der Waals surface area contributed by atoms with Crippen molar-refractivity contribution in [3.8, 4) is 6.07 Å². The predicted octanol–water partition coefficient (Wildman–Crippen LogP) is -0.550. The lowest BCUT2D eigenvalue weighted by atomic mass is 10.1. The Morgan fingerprint density at radius 1 is 1.26 bits per heavy atom. The van der Waals surface area contributed by atoms with Crippen LogP contribution < -0.4 is 17.0 Å². The average Bonchev–Trinajstić information content (AvgIpc) is 3.07. The second-order valence-electron chi connectivity index (χ2n) is 7.14. The predicted molar refractivity (Wildman–Crippen MR) is 112 cm³/mol. The van der Waals surface area contributed by atoms with E-state index < -0.39 is 66.0 Å². The van der Waals surface area contributed by atoms with Crippen LogP contribution in [0, 0.1) is 18.3 Å². The van der Waals surface area contributed by atoms with Crippen molar-refractivity contribution >= 4 is 23.5 Å². The molecule has 6 atom stereocenters. The normalized spacial score (nSPS) is 24.9. The molecule has 0 aliphatic carbocycles. The molecular weight excluding hydrogens is 541 g/mol. The van der Waals surface area contributed by atoms with Gasteiger partial charge in [0.05, 0.1) is 18.8 Å². The molecule has 0 aromatic carbocycles. The van der Waals surface area contributed by atoms with Gasteiger partial charge in [-0.3, -0.25) is 18.9 Å². The van der Waals surface area contributed by atoms with Crippen molar-refractivity contribution < 1.29 is 55.9 Å². The standard InChI is InChI=1S/C14H23N4O14P3/c1-8-6-18(14(20)17-13(8)19)12-5-9(29-11(16)3-2-4-15)10(30-12)7-28-34(24,25)32-35(26,27)31-33(21,22)23/h6,9-12H,2-3,5,7,16H2,1H3,(H,24,25)(H,26,27)(H,17,19,20)(H2,21,22,23)/t9?,10-,11?,12-/m1/s1.